The number of hydrogen-bond donors (Lipinski definition) is 1. The summed E-state index contributed by atoms with van der Waals surface area (Å²) in [6, 6.07) is 19.9. The molecule has 52 heavy (non-hydrogen) atoms. The molecule has 2 heterocycles. The second-order valence-corrected chi connectivity index (χ2v) is 15.4. The number of fused-ring (bicyclic) bond motifs is 1. The van der Waals surface area contributed by atoms with Gasteiger partial charge in [0.15, 0.2) is 0 Å². The molecule has 3 aromatic carbocycles. The number of anilines is 1. The number of benzene rings is 3. The molecule has 0 aliphatic carbocycles. The molecule has 2 atom stereocenters. The van der Waals surface area contributed by atoms with E-state index in [-0.39, 0.29) is 47.7 Å². The van der Waals surface area contributed by atoms with Crippen LogP contribution in [0.5, 0.6) is 0 Å². The summed E-state index contributed by atoms with van der Waals surface area (Å²) in [4.78, 5) is 48.4. The molecule has 1 fully saturated rings. The number of carbonyl (C=O) groups excluding carboxylic acids is 3. The van der Waals surface area contributed by atoms with Gasteiger partial charge in [0.25, 0.3) is 12.3 Å². The van der Waals surface area contributed by atoms with E-state index < -0.39 is 30.1 Å². The Morgan fingerprint density at radius 3 is 2.29 bits per heavy atom. The van der Waals surface area contributed by atoms with Gasteiger partial charge in [0.2, 0.25) is 5.95 Å². The molecule has 10 nitrogen and oxygen atoms in total. The zero-order valence-corrected chi connectivity index (χ0v) is 31.0. The number of carbonyl (C=O) groups is 3. The minimum atomic E-state index is -2.65. The molecule has 0 radical (unpaired) electrons. The zero-order valence-electron chi connectivity index (χ0n) is 31.0. The van der Waals surface area contributed by atoms with Crippen LogP contribution in [0, 0.1) is 5.41 Å². The van der Waals surface area contributed by atoms with Crippen LogP contribution in [0.1, 0.15) is 94.8 Å². The molecule has 12 heteroatoms. The van der Waals surface area contributed by atoms with Crippen LogP contribution in [0.15, 0.2) is 72.8 Å². The van der Waals surface area contributed by atoms with Crippen LogP contribution in [-0.2, 0) is 29.2 Å². The van der Waals surface area contributed by atoms with E-state index in [0.29, 0.717) is 24.1 Å². The maximum atomic E-state index is 13.6. The molecule has 278 valence electrons. The highest BCUT2D eigenvalue weighted by Gasteiger charge is 2.34. The van der Waals surface area contributed by atoms with Crippen molar-refractivity contribution in [1.29, 1.82) is 0 Å². The molecule has 0 bridgehead atoms. The van der Waals surface area contributed by atoms with Crippen LogP contribution < -0.4 is 5.32 Å². The molecular formula is C40H49F2N5O5. The lowest BCUT2D eigenvalue weighted by Gasteiger charge is -2.37. The Balaban J connectivity index is 1.46. The van der Waals surface area contributed by atoms with Crippen LogP contribution in [0.25, 0.3) is 11.0 Å². The Bertz CT molecular complexity index is 1870. The van der Waals surface area contributed by atoms with Crippen LogP contribution in [0.3, 0.4) is 0 Å². The third-order valence-electron chi connectivity index (χ3n) is 9.37. The quantitative estimate of drug-likeness (QED) is 0.175. The summed E-state index contributed by atoms with van der Waals surface area (Å²) < 4.78 is 39.7. The van der Waals surface area contributed by atoms with Gasteiger partial charge in [0.05, 0.1) is 17.1 Å². The third kappa shape index (κ3) is 9.45. The van der Waals surface area contributed by atoms with Crippen molar-refractivity contribution in [1.82, 2.24) is 19.4 Å². The second kappa shape index (κ2) is 15.7. The Kier molecular flexibility index (Phi) is 11.6. The number of imidazole rings is 1. The normalized spacial score (nSPS) is 15.5. The van der Waals surface area contributed by atoms with Crippen molar-refractivity contribution in [3.63, 3.8) is 0 Å². The van der Waals surface area contributed by atoms with E-state index in [2.05, 4.69) is 26.1 Å². The molecule has 1 saturated heterocycles. The van der Waals surface area contributed by atoms with Gasteiger partial charge in [-0.2, -0.15) is 0 Å². The topological polar surface area (TPSA) is 106 Å². The number of halogens is 2. The Labute approximate surface area is 304 Å². The van der Waals surface area contributed by atoms with Crippen LogP contribution >= 0.6 is 0 Å². The summed E-state index contributed by atoms with van der Waals surface area (Å²) in [5, 5.41) is 2.88. The number of likely N-dealkylation sites (tertiary alicyclic amines) is 1. The first-order valence-corrected chi connectivity index (χ1v) is 17.7. The summed E-state index contributed by atoms with van der Waals surface area (Å²) in [5.41, 5.74) is 2.09. The van der Waals surface area contributed by atoms with E-state index in [1.165, 1.54) is 24.3 Å². The number of nitrogens with one attached hydrogen (secondary N) is 1. The summed E-state index contributed by atoms with van der Waals surface area (Å²) in [5.74, 6) is -0.271. The number of alkyl halides is 2. The first-order valence-electron chi connectivity index (χ1n) is 17.7. The van der Waals surface area contributed by atoms with Gasteiger partial charge in [-0.05, 0) is 81.3 Å². The lowest BCUT2D eigenvalue weighted by Crippen LogP contribution is -2.45. The Morgan fingerprint density at radius 2 is 1.65 bits per heavy atom. The molecule has 0 spiro atoms. The van der Waals surface area contributed by atoms with Crippen LogP contribution in [-0.4, -0.2) is 61.7 Å². The zero-order chi connectivity index (χ0) is 37.8. The number of amides is 3. The van der Waals surface area contributed by atoms with E-state index >= 15 is 0 Å². The lowest BCUT2D eigenvalue weighted by molar-refractivity contribution is 0.0214. The summed E-state index contributed by atoms with van der Waals surface area (Å²) in [6.45, 7) is 14.9. The van der Waals surface area contributed by atoms with Gasteiger partial charge < -0.3 is 23.8 Å². The van der Waals surface area contributed by atoms with Gasteiger partial charge >= 0.3 is 12.2 Å². The van der Waals surface area contributed by atoms with Crippen molar-refractivity contribution in [2.24, 2.45) is 5.41 Å². The average molecular weight is 718 g/mol. The second-order valence-electron chi connectivity index (χ2n) is 15.4. The third-order valence-corrected chi connectivity index (χ3v) is 9.37. The fourth-order valence-electron chi connectivity index (χ4n) is 6.13. The number of rotatable bonds is 10. The minimum Gasteiger partial charge on any atom is -0.445 e. The first-order chi connectivity index (χ1) is 24.5. The number of ether oxygens (including phenoxy) is 2. The van der Waals surface area contributed by atoms with Crippen LogP contribution in [0.2, 0.25) is 0 Å². The highest BCUT2D eigenvalue weighted by molar-refractivity contribution is 6.04. The largest absolute Gasteiger partial charge is 0.445 e. The smallest absolute Gasteiger partial charge is 0.410 e. The van der Waals surface area contributed by atoms with Gasteiger partial charge in [0.1, 0.15) is 12.2 Å². The number of aromatic nitrogens is 2. The average Bonchev–Trinajstić information content (AvgIpc) is 3.69. The molecule has 1 unspecified atom stereocenters. The molecule has 4 aromatic rings. The molecule has 3 amide bonds. The number of nitrogens with zero attached hydrogens (tertiary/aromatic N) is 4. The maximum absolute atomic E-state index is 13.6. The van der Waals surface area contributed by atoms with E-state index in [0.717, 1.165) is 24.0 Å². The van der Waals surface area contributed by atoms with Crippen molar-refractivity contribution < 1.29 is 32.6 Å². The first kappa shape index (κ1) is 38.2. The predicted octanol–water partition coefficient (Wildman–Crippen LogP) is 9.20. The SMILES string of the molecule is C[C@H](N(Cc1ccc2c(c1)nc(NC(=O)c1ccc(C(F)F)cc1)n2CC1CCCN1C(=O)OC(C)(C)C)C(=O)OCc1ccccc1)C(C)(C)C. The van der Waals surface area contributed by atoms with Gasteiger partial charge in [0, 0.05) is 36.8 Å². The molecule has 1 aliphatic rings. The van der Waals surface area contributed by atoms with E-state index in [9.17, 15) is 23.2 Å². The van der Waals surface area contributed by atoms with E-state index in [1.807, 2.05) is 80.8 Å². The summed E-state index contributed by atoms with van der Waals surface area (Å²) >= 11 is 0. The van der Waals surface area contributed by atoms with Gasteiger partial charge in [-0.1, -0.05) is 69.3 Å². The highest BCUT2D eigenvalue weighted by atomic mass is 19.3. The van der Waals surface area contributed by atoms with Crippen molar-refractivity contribution in [2.45, 2.75) is 105 Å². The number of hydrogen-bond acceptors (Lipinski definition) is 6. The highest BCUT2D eigenvalue weighted by Crippen LogP contribution is 2.30. The van der Waals surface area contributed by atoms with Gasteiger partial charge in [-0.15, -0.1) is 0 Å². The molecule has 1 aliphatic heterocycles. The van der Waals surface area contributed by atoms with Crippen molar-refractivity contribution in [3.8, 4) is 0 Å². The van der Waals surface area contributed by atoms with E-state index in [4.69, 9.17) is 14.5 Å². The maximum Gasteiger partial charge on any atom is 0.410 e. The Hall–Kier alpha value is -5.00. The van der Waals surface area contributed by atoms with E-state index in [1.54, 1.807) is 9.80 Å². The molecule has 0 saturated carbocycles. The minimum absolute atomic E-state index is 0.145. The van der Waals surface area contributed by atoms with Gasteiger partial charge in [-0.25, -0.2) is 23.4 Å². The standard InChI is InChI=1S/C40H49F2N5O5/c1-26(39(2,3)4)46(37(49)51-25-27-12-9-8-10-13-27)23-28-15-20-33-32(22-28)43-36(44-35(48)30-18-16-29(17-19-30)34(41)42)47(33)24-31-14-11-21-45(31)38(50)52-40(5,6)7/h8-10,12-13,15-20,22,26,31,34H,11,14,21,23-25H2,1-7H3,(H,43,44,48)/t26-,31?/m0/s1. The molecule has 1 N–H and O–H groups in total. The van der Waals surface area contributed by atoms with Crippen molar-refractivity contribution >= 4 is 35.1 Å². The molecule has 5 rings (SSSR count). The fourth-order valence-corrected chi connectivity index (χ4v) is 6.13. The van der Waals surface area contributed by atoms with Crippen LogP contribution in [0.4, 0.5) is 24.3 Å². The molecular weight excluding hydrogens is 668 g/mol. The summed E-state index contributed by atoms with van der Waals surface area (Å²) in [7, 11) is 0. The van der Waals surface area contributed by atoms with Crippen molar-refractivity contribution in [3.05, 3.63) is 95.1 Å². The molecule has 1 aromatic heterocycles. The Morgan fingerprint density at radius 1 is 0.962 bits per heavy atom. The monoisotopic (exact) mass is 717 g/mol. The summed E-state index contributed by atoms with van der Waals surface area (Å²) in [6.07, 6.45) is -1.97. The predicted molar refractivity (Wildman–Crippen MR) is 196 cm³/mol. The fraction of sp³-hybridized carbons (Fsp3) is 0.450. The van der Waals surface area contributed by atoms with Crippen molar-refractivity contribution in [2.75, 3.05) is 11.9 Å². The lowest BCUT2D eigenvalue weighted by atomic mass is 9.87. The van der Waals surface area contributed by atoms with Gasteiger partial charge in [-0.3, -0.25) is 10.1 Å².